The van der Waals surface area contributed by atoms with Crippen molar-refractivity contribution in [2.75, 3.05) is 5.32 Å². The highest BCUT2D eigenvalue weighted by Gasteiger charge is 2.25. The van der Waals surface area contributed by atoms with Crippen LogP contribution in [0.5, 0.6) is 5.75 Å². The Hall–Kier alpha value is -2.88. The highest BCUT2D eigenvalue weighted by atomic mass is 35.5. The summed E-state index contributed by atoms with van der Waals surface area (Å²) in [7, 11) is 0. The van der Waals surface area contributed by atoms with Gasteiger partial charge >= 0.3 is 0 Å². The average Bonchev–Trinajstić information content (AvgIpc) is 3.41. The summed E-state index contributed by atoms with van der Waals surface area (Å²) in [6, 6.07) is 17.0. The molecule has 4 rings (SSSR count). The van der Waals surface area contributed by atoms with Gasteiger partial charge in [0.05, 0.1) is 16.0 Å². The Morgan fingerprint density at radius 2 is 1.85 bits per heavy atom. The number of rotatable bonds is 8. The normalized spacial score (nSPS) is 12.8. The van der Waals surface area contributed by atoms with Crippen LogP contribution in [0.1, 0.15) is 31.5 Å². The van der Waals surface area contributed by atoms with E-state index >= 15 is 0 Å². The Balaban J connectivity index is 1.59. The summed E-state index contributed by atoms with van der Waals surface area (Å²) in [5.74, 6) is 1.01. The molecule has 0 radical (unpaired) electrons. The fourth-order valence-corrected chi connectivity index (χ4v) is 4.80. The van der Waals surface area contributed by atoms with Crippen molar-refractivity contribution in [2.45, 2.75) is 37.3 Å². The molecule has 2 aromatic heterocycles. The Labute approximate surface area is 205 Å². The molecule has 2 aromatic carbocycles. The van der Waals surface area contributed by atoms with Crippen molar-refractivity contribution in [3.8, 4) is 11.4 Å². The first-order chi connectivity index (χ1) is 15.9. The van der Waals surface area contributed by atoms with E-state index in [-0.39, 0.29) is 5.91 Å². The van der Waals surface area contributed by atoms with E-state index in [0.29, 0.717) is 26.9 Å². The lowest BCUT2D eigenvalue weighted by Crippen LogP contribution is -2.23. The van der Waals surface area contributed by atoms with Gasteiger partial charge < -0.3 is 10.1 Å². The lowest BCUT2D eigenvalue weighted by Gasteiger charge is -2.18. The van der Waals surface area contributed by atoms with Crippen LogP contribution in [0.3, 0.4) is 0 Å². The first-order valence-electron chi connectivity index (χ1n) is 10.2. The lowest BCUT2D eigenvalue weighted by molar-refractivity contribution is -0.115. The molecular formula is C23H22ClN5O2S2. The number of hydrogen-bond acceptors (Lipinski definition) is 7. The van der Waals surface area contributed by atoms with Gasteiger partial charge in [0.1, 0.15) is 5.75 Å². The number of thiazole rings is 1. The standard InChI is InChI=1S/C23H22ClN5O2S2/c1-14-13-32-22(25-14)26-21(30)16(3)33-23-28-27-20(29(23)17-9-5-4-6-10-17)15(2)31-19-12-8-7-11-18(19)24/h4-13,15-16H,1-3H3,(H,25,26,30). The Kier molecular flexibility index (Phi) is 7.32. The van der Waals surface area contributed by atoms with Crippen molar-refractivity contribution in [3.63, 3.8) is 0 Å². The molecule has 10 heteroatoms. The molecule has 0 aliphatic heterocycles. The molecular weight excluding hydrogens is 478 g/mol. The molecule has 1 amide bonds. The quantitative estimate of drug-likeness (QED) is 0.302. The number of carbonyl (C=O) groups excluding carboxylic acids is 1. The Bertz CT molecular complexity index is 1240. The summed E-state index contributed by atoms with van der Waals surface area (Å²) < 4.78 is 8.00. The minimum atomic E-state index is -0.436. The number of nitrogens with one attached hydrogen (secondary N) is 1. The minimum absolute atomic E-state index is 0.154. The van der Waals surface area contributed by atoms with E-state index in [2.05, 4.69) is 20.5 Å². The van der Waals surface area contributed by atoms with Crippen molar-refractivity contribution in [1.82, 2.24) is 19.7 Å². The molecule has 2 heterocycles. The summed E-state index contributed by atoms with van der Waals surface area (Å²) in [5, 5.41) is 14.8. The number of hydrogen-bond donors (Lipinski definition) is 1. The van der Waals surface area contributed by atoms with Gasteiger partial charge in [-0.3, -0.25) is 9.36 Å². The monoisotopic (exact) mass is 499 g/mol. The number of thioether (sulfide) groups is 1. The first-order valence-corrected chi connectivity index (χ1v) is 12.4. The van der Waals surface area contributed by atoms with Crippen molar-refractivity contribution >= 4 is 45.7 Å². The van der Waals surface area contributed by atoms with Crippen LogP contribution in [0.2, 0.25) is 5.02 Å². The van der Waals surface area contributed by atoms with Crippen molar-refractivity contribution in [3.05, 3.63) is 76.5 Å². The summed E-state index contributed by atoms with van der Waals surface area (Å²) in [4.78, 5) is 17.0. The Morgan fingerprint density at radius 3 is 2.55 bits per heavy atom. The number of ether oxygens (including phenoxy) is 1. The second-order valence-corrected chi connectivity index (χ2v) is 9.82. The highest BCUT2D eigenvalue weighted by Crippen LogP contribution is 2.32. The SMILES string of the molecule is Cc1csc(NC(=O)C(C)Sc2nnc(C(C)Oc3ccccc3Cl)n2-c2ccccc2)n1. The van der Waals surface area contributed by atoms with Crippen LogP contribution in [-0.4, -0.2) is 30.9 Å². The third kappa shape index (κ3) is 5.55. The molecule has 0 aliphatic rings. The molecule has 0 spiro atoms. The second-order valence-electron chi connectivity index (χ2n) is 7.25. The van der Waals surface area contributed by atoms with Gasteiger partial charge in [-0.2, -0.15) is 0 Å². The second kappa shape index (κ2) is 10.4. The third-order valence-corrected chi connectivity index (χ3v) is 6.91. The third-order valence-electron chi connectivity index (χ3n) is 4.68. The van der Waals surface area contributed by atoms with Crippen LogP contribution >= 0.6 is 34.7 Å². The molecule has 0 aliphatic carbocycles. The number of amides is 1. The number of nitrogens with zero attached hydrogens (tertiary/aromatic N) is 4. The summed E-state index contributed by atoms with van der Waals surface area (Å²) in [6.07, 6.45) is -0.436. The Morgan fingerprint density at radius 1 is 1.12 bits per heavy atom. The average molecular weight is 500 g/mol. The largest absolute Gasteiger partial charge is 0.481 e. The maximum absolute atomic E-state index is 12.7. The van der Waals surface area contributed by atoms with Gasteiger partial charge in [0.2, 0.25) is 5.91 Å². The van der Waals surface area contributed by atoms with E-state index < -0.39 is 11.4 Å². The van der Waals surface area contributed by atoms with Crippen LogP contribution in [-0.2, 0) is 4.79 Å². The van der Waals surface area contributed by atoms with Gasteiger partial charge in [0.15, 0.2) is 22.2 Å². The number of para-hydroxylation sites is 2. The maximum atomic E-state index is 12.7. The van der Waals surface area contributed by atoms with E-state index in [4.69, 9.17) is 16.3 Å². The number of anilines is 1. The molecule has 0 saturated carbocycles. The number of halogens is 1. The van der Waals surface area contributed by atoms with Gasteiger partial charge in [-0.05, 0) is 45.0 Å². The topological polar surface area (TPSA) is 81.9 Å². The first kappa shape index (κ1) is 23.3. The van der Waals surface area contributed by atoms with E-state index in [1.165, 1.54) is 23.1 Å². The summed E-state index contributed by atoms with van der Waals surface area (Å²) in [5.41, 5.74) is 1.74. The molecule has 7 nitrogen and oxygen atoms in total. The minimum Gasteiger partial charge on any atom is -0.481 e. The van der Waals surface area contributed by atoms with Gasteiger partial charge in [-0.25, -0.2) is 4.98 Å². The molecule has 1 N–H and O–H groups in total. The predicted octanol–water partition coefficient (Wildman–Crippen LogP) is 5.94. The van der Waals surface area contributed by atoms with E-state index in [9.17, 15) is 4.79 Å². The molecule has 0 fully saturated rings. The van der Waals surface area contributed by atoms with Crippen LogP contribution in [0.25, 0.3) is 5.69 Å². The molecule has 33 heavy (non-hydrogen) atoms. The van der Waals surface area contributed by atoms with Crippen molar-refractivity contribution in [2.24, 2.45) is 0 Å². The summed E-state index contributed by atoms with van der Waals surface area (Å²) >= 11 is 8.99. The van der Waals surface area contributed by atoms with E-state index in [1.807, 2.05) is 79.2 Å². The maximum Gasteiger partial charge on any atom is 0.239 e. The van der Waals surface area contributed by atoms with Gasteiger partial charge in [-0.1, -0.05) is 53.7 Å². The smallest absolute Gasteiger partial charge is 0.239 e. The zero-order valence-corrected chi connectivity index (χ0v) is 20.6. The molecule has 0 saturated heterocycles. The molecule has 4 aromatic rings. The fourth-order valence-electron chi connectivity index (χ4n) is 3.05. The zero-order chi connectivity index (χ0) is 23.4. The summed E-state index contributed by atoms with van der Waals surface area (Å²) in [6.45, 7) is 5.61. The van der Waals surface area contributed by atoms with Gasteiger partial charge in [0, 0.05) is 11.1 Å². The lowest BCUT2D eigenvalue weighted by atomic mass is 10.3. The molecule has 0 bridgehead atoms. The molecule has 2 unspecified atom stereocenters. The predicted molar refractivity (Wildman–Crippen MR) is 133 cm³/mol. The number of carbonyl (C=O) groups is 1. The van der Waals surface area contributed by atoms with Crippen LogP contribution < -0.4 is 10.1 Å². The van der Waals surface area contributed by atoms with Crippen molar-refractivity contribution in [1.29, 1.82) is 0 Å². The molecule has 2 atom stereocenters. The number of aryl methyl sites for hydroxylation is 1. The van der Waals surface area contributed by atoms with Gasteiger partial charge in [0.25, 0.3) is 0 Å². The van der Waals surface area contributed by atoms with Gasteiger partial charge in [-0.15, -0.1) is 21.5 Å². The number of aromatic nitrogens is 4. The highest BCUT2D eigenvalue weighted by molar-refractivity contribution is 8.00. The fraction of sp³-hybridized carbons (Fsp3) is 0.217. The van der Waals surface area contributed by atoms with E-state index in [1.54, 1.807) is 6.07 Å². The molecule has 170 valence electrons. The van der Waals surface area contributed by atoms with Crippen LogP contribution in [0, 0.1) is 6.92 Å². The van der Waals surface area contributed by atoms with Crippen molar-refractivity contribution < 1.29 is 9.53 Å². The van der Waals surface area contributed by atoms with Crippen LogP contribution in [0.15, 0.2) is 65.1 Å². The number of benzene rings is 2. The van der Waals surface area contributed by atoms with E-state index in [0.717, 1.165) is 11.4 Å². The van der Waals surface area contributed by atoms with Crippen LogP contribution in [0.4, 0.5) is 5.13 Å². The zero-order valence-electron chi connectivity index (χ0n) is 18.2.